The summed E-state index contributed by atoms with van der Waals surface area (Å²) < 4.78 is 5.15. The van der Waals surface area contributed by atoms with E-state index >= 15 is 0 Å². The number of carbonyl (C=O) groups is 1. The largest absolute Gasteiger partial charge is 0.380 e. The Labute approximate surface area is 223 Å². The molecule has 2 atom stereocenters. The van der Waals surface area contributed by atoms with Gasteiger partial charge in [-0.2, -0.15) is 0 Å². The van der Waals surface area contributed by atoms with Crippen LogP contribution < -0.4 is 10.4 Å². The van der Waals surface area contributed by atoms with Crippen molar-refractivity contribution in [3.63, 3.8) is 0 Å². The highest BCUT2D eigenvalue weighted by molar-refractivity contribution is 6.33. The molecule has 37 heavy (non-hydrogen) atoms. The second-order valence-corrected chi connectivity index (χ2v) is 11.4. The first-order valence-corrected chi connectivity index (χ1v) is 14.3. The maximum Gasteiger partial charge on any atom is 0.226 e. The van der Waals surface area contributed by atoms with Gasteiger partial charge in [-0.05, 0) is 86.7 Å². The first-order chi connectivity index (χ1) is 18.1. The number of carbonyl (C=O) groups excluding carboxylic acids is 1. The molecule has 6 nitrogen and oxygen atoms in total. The molecule has 196 valence electrons. The molecule has 1 amide bonds. The van der Waals surface area contributed by atoms with Crippen LogP contribution >= 0.6 is 0 Å². The van der Waals surface area contributed by atoms with Gasteiger partial charge in [0, 0.05) is 51.2 Å². The van der Waals surface area contributed by atoms with Crippen molar-refractivity contribution in [3.8, 4) is 0 Å². The molecule has 2 aromatic rings. The highest BCUT2D eigenvalue weighted by atomic mass is 16.5. The van der Waals surface area contributed by atoms with Gasteiger partial charge in [0.05, 0.1) is 13.0 Å². The average Bonchev–Trinajstić information content (AvgIpc) is 3.71. The molecule has 1 aromatic heterocycles. The normalized spacial score (nSPS) is 22.3. The van der Waals surface area contributed by atoms with E-state index < -0.39 is 0 Å². The van der Waals surface area contributed by atoms with E-state index in [2.05, 4.69) is 33.1 Å². The standard InChI is InChI=1S/C30H41BN4O2/c1-37-21-23-19-32-30(33-20-23)35-14-10-24(11-15-35)27-17-25(27)7-5-6-22-8-9-26(28(31)16-22)18-29(36)34-12-3-2-4-13-34/h8-9,16,19-20,24-25,27H,2-7,10-15,17-18,21H2,1H3/t25-,27-/m1/s1. The van der Waals surface area contributed by atoms with Gasteiger partial charge < -0.3 is 14.5 Å². The number of nitrogens with zero attached hydrogens (tertiary/aromatic N) is 4. The molecular formula is C30H41BN4O2. The van der Waals surface area contributed by atoms with Crippen LogP contribution in [0.5, 0.6) is 0 Å². The quantitative estimate of drug-likeness (QED) is 0.464. The maximum atomic E-state index is 12.6. The number of anilines is 1. The van der Waals surface area contributed by atoms with Crippen molar-refractivity contribution < 1.29 is 9.53 Å². The maximum absolute atomic E-state index is 12.6. The van der Waals surface area contributed by atoms with E-state index in [9.17, 15) is 4.79 Å². The lowest BCUT2D eigenvalue weighted by atomic mass is 9.86. The molecule has 1 saturated carbocycles. The van der Waals surface area contributed by atoms with Crippen LogP contribution in [0.4, 0.5) is 5.95 Å². The Balaban J connectivity index is 1.01. The van der Waals surface area contributed by atoms with Crippen molar-refractivity contribution in [3.05, 3.63) is 47.3 Å². The third kappa shape index (κ3) is 6.92. The average molecular weight is 500 g/mol. The van der Waals surface area contributed by atoms with Crippen LogP contribution in [-0.2, 0) is 29.0 Å². The predicted molar refractivity (Wildman–Crippen MR) is 148 cm³/mol. The number of aryl methyl sites for hydroxylation is 1. The van der Waals surface area contributed by atoms with Crippen LogP contribution in [-0.4, -0.2) is 61.9 Å². The van der Waals surface area contributed by atoms with Crippen LogP contribution in [0.3, 0.4) is 0 Å². The zero-order valence-corrected chi connectivity index (χ0v) is 22.4. The minimum absolute atomic E-state index is 0.220. The molecule has 0 bridgehead atoms. The summed E-state index contributed by atoms with van der Waals surface area (Å²) in [5, 5.41) is 0. The van der Waals surface area contributed by atoms with E-state index in [4.69, 9.17) is 12.6 Å². The number of ether oxygens (including phenoxy) is 1. The highest BCUT2D eigenvalue weighted by Gasteiger charge is 2.43. The number of hydrogen-bond acceptors (Lipinski definition) is 5. The summed E-state index contributed by atoms with van der Waals surface area (Å²) >= 11 is 0. The lowest BCUT2D eigenvalue weighted by Gasteiger charge is -2.32. The molecule has 3 aliphatic rings. The van der Waals surface area contributed by atoms with E-state index in [1.54, 1.807) is 7.11 Å². The summed E-state index contributed by atoms with van der Waals surface area (Å²) in [6, 6.07) is 6.36. The van der Waals surface area contributed by atoms with Gasteiger partial charge in [0.25, 0.3) is 0 Å². The van der Waals surface area contributed by atoms with Crippen molar-refractivity contribution in [1.29, 1.82) is 0 Å². The number of rotatable bonds is 10. The molecule has 7 heteroatoms. The molecular weight excluding hydrogens is 459 g/mol. The summed E-state index contributed by atoms with van der Waals surface area (Å²) in [5.74, 6) is 3.71. The Morgan fingerprint density at radius 3 is 2.51 bits per heavy atom. The zero-order valence-electron chi connectivity index (χ0n) is 22.4. The number of piperidine rings is 2. The first kappa shape index (κ1) is 26.2. The van der Waals surface area contributed by atoms with E-state index in [-0.39, 0.29) is 5.91 Å². The number of likely N-dealkylation sites (tertiary alicyclic amines) is 1. The van der Waals surface area contributed by atoms with Gasteiger partial charge in [0.1, 0.15) is 7.85 Å². The monoisotopic (exact) mass is 500 g/mol. The van der Waals surface area contributed by atoms with Crippen LogP contribution in [0.2, 0.25) is 0 Å². The molecule has 1 aliphatic carbocycles. The second-order valence-electron chi connectivity index (χ2n) is 11.4. The molecule has 5 rings (SSSR count). The zero-order chi connectivity index (χ0) is 25.6. The van der Waals surface area contributed by atoms with Gasteiger partial charge in [-0.1, -0.05) is 23.7 Å². The van der Waals surface area contributed by atoms with Crippen LogP contribution in [0.15, 0.2) is 30.6 Å². The molecule has 0 spiro atoms. The van der Waals surface area contributed by atoms with Crippen molar-refractivity contribution in [2.75, 3.05) is 38.2 Å². The Morgan fingerprint density at radius 2 is 1.81 bits per heavy atom. The van der Waals surface area contributed by atoms with Crippen molar-refractivity contribution in [1.82, 2.24) is 14.9 Å². The molecule has 1 aromatic carbocycles. The number of amides is 1. The molecule has 0 unspecified atom stereocenters. The highest BCUT2D eigenvalue weighted by Crippen LogP contribution is 2.50. The molecule has 2 radical (unpaired) electrons. The minimum Gasteiger partial charge on any atom is -0.380 e. The fraction of sp³-hybridized carbons (Fsp3) is 0.633. The molecule has 2 saturated heterocycles. The third-order valence-electron chi connectivity index (χ3n) is 8.71. The van der Waals surface area contributed by atoms with Gasteiger partial charge in [-0.15, -0.1) is 0 Å². The van der Waals surface area contributed by atoms with Crippen molar-refractivity contribution >= 4 is 25.2 Å². The predicted octanol–water partition coefficient (Wildman–Crippen LogP) is 3.85. The fourth-order valence-electron chi connectivity index (χ4n) is 6.41. The topological polar surface area (TPSA) is 58.6 Å². The smallest absolute Gasteiger partial charge is 0.226 e. The first-order valence-electron chi connectivity index (χ1n) is 14.3. The van der Waals surface area contributed by atoms with Gasteiger partial charge in [0.15, 0.2) is 0 Å². The summed E-state index contributed by atoms with van der Waals surface area (Å²) in [6.45, 7) is 4.47. The molecule has 0 N–H and O–H groups in total. The number of hydrogen-bond donors (Lipinski definition) is 0. The second kappa shape index (κ2) is 12.4. The van der Waals surface area contributed by atoms with Crippen molar-refractivity contribution in [2.24, 2.45) is 17.8 Å². The lowest BCUT2D eigenvalue weighted by Crippen LogP contribution is -2.37. The van der Waals surface area contributed by atoms with Crippen molar-refractivity contribution in [2.45, 2.75) is 70.8 Å². The lowest BCUT2D eigenvalue weighted by molar-refractivity contribution is -0.131. The van der Waals surface area contributed by atoms with E-state index in [0.717, 1.165) is 85.7 Å². The number of aromatic nitrogens is 2. The molecule has 3 fully saturated rings. The Bertz CT molecular complexity index is 1030. The third-order valence-corrected chi connectivity index (χ3v) is 8.71. The molecule has 3 heterocycles. The van der Waals surface area contributed by atoms with Crippen LogP contribution in [0.1, 0.15) is 68.1 Å². The Hall–Kier alpha value is -2.41. The molecule has 2 aliphatic heterocycles. The fourth-order valence-corrected chi connectivity index (χ4v) is 6.41. The van der Waals surface area contributed by atoms with Crippen LogP contribution in [0, 0.1) is 17.8 Å². The number of benzene rings is 1. The van der Waals surface area contributed by atoms with E-state index in [1.165, 1.54) is 44.1 Å². The van der Waals surface area contributed by atoms with Gasteiger partial charge in [-0.3, -0.25) is 4.79 Å². The number of methoxy groups -OCH3 is 1. The minimum atomic E-state index is 0.220. The summed E-state index contributed by atoms with van der Waals surface area (Å²) in [4.78, 5) is 26.0. The van der Waals surface area contributed by atoms with Gasteiger partial charge in [0.2, 0.25) is 11.9 Å². The van der Waals surface area contributed by atoms with E-state index in [1.807, 2.05) is 17.3 Å². The van der Waals surface area contributed by atoms with Gasteiger partial charge in [-0.25, -0.2) is 9.97 Å². The van der Waals surface area contributed by atoms with Crippen LogP contribution in [0.25, 0.3) is 0 Å². The van der Waals surface area contributed by atoms with Gasteiger partial charge >= 0.3 is 0 Å². The summed E-state index contributed by atoms with van der Waals surface area (Å²) in [6.07, 6.45) is 15.2. The SMILES string of the molecule is [B]c1cc(CCC[C@@H]2C[C@@H]2C2CCN(c3ncc(COC)cn3)CC2)ccc1CC(=O)N1CCCCC1. The summed E-state index contributed by atoms with van der Waals surface area (Å²) in [7, 11) is 8.04. The Kier molecular flexibility index (Phi) is 8.80. The van der Waals surface area contributed by atoms with E-state index in [0.29, 0.717) is 13.0 Å². The summed E-state index contributed by atoms with van der Waals surface area (Å²) in [5.41, 5.74) is 4.07. The Morgan fingerprint density at radius 1 is 1.05 bits per heavy atom.